The topological polar surface area (TPSA) is 61.4 Å². The molecule has 0 unspecified atom stereocenters. The molecule has 7 heteroatoms. The second-order valence-corrected chi connectivity index (χ2v) is 8.32. The normalized spacial score (nSPS) is 10.9. The van der Waals surface area contributed by atoms with Crippen molar-refractivity contribution in [3.8, 4) is 0 Å². The van der Waals surface area contributed by atoms with Crippen molar-refractivity contribution in [3.63, 3.8) is 0 Å². The van der Waals surface area contributed by atoms with Gasteiger partial charge in [-0.05, 0) is 67.8 Å². The molecule has 0 aliphatic heterocycles. The van der Waals surface area contributed by atoms with Crippen molar-refractivity contribution in [2.45, 2.75) is 33.6 Å². The molecule has 0 aromatic heterocycles. The van der Waals surface area contributed by atoms with E-state index in [0.717, 1.165) is 45.4 Å². The van der Waals surface area contributed by atoms with Crippen LogP contribution in [0.25, 0.3) is 0 Å². The van der Waals surface area contributed by atoms with Crippen LogP contribution in [0.5, 0.6) is 0 Å². The molecule has 2 aromatic carbocycles. The predicted octanol–water partition coefficient (Wildman–Crippen LogP) is 5.04. The molecule has 2 N–H and O–H groups in total. The van der Waals surface area contributed by atoms with Gasteiger partial charge in [0.05, 0.1) is 13.1 Å². The van der Waals surface area contributed by atoms with Crippen molar-refractivity contribution in [1.82, 2.24) is 4.90 Å². The van der Waals surface area contributed by atoms with Crippen molar-refractivity contribution in [2.75, 3.05) is 30.8 Å². The lowest BCUT2D eigenvalue weighted by Gasteiger charge is -2.19. The van der Waals surface area contributed by atoms with Crippen LogP contribution >= 0.6 is 27.5 Å². The lowest BCUT2D eigenvalue weighted by Crippen LogP contribution is -2.36. The van der Waals surface area contributed by atoms with Crippen LogP contribution in [0.1, 0.15) is 30.5 Å². The summed E-state index contributed by atoms with van der Waals surface area (Å²) in [5, 5.41) is 6.52. The summed E-state index contributed by atoms with van der Waals surface area (Å²) in [6.07, 6.45) is 1.53. The van der Waals surface area contributed by atoms with Gasteiger partial charge in [-0.2, -0.15) is 0 Å². The molecule has 0 fully saturated rings. The van der Waals surface area contributed by atoms with Crippen LogP contribution in [0.15, 0.2) is 34.8 Å². The Morgan fingerprint density at radius 3 is 2.28 bits per heavy atom. The Hall–Kier alpha value is -1.89. The molecular formula is C22H27BrClN3O2. The summed E-state index contributed by atoms with van der Waals surface area (Å²) in [5.74, 6) is -0.344. The van der Waals surface area contributed by atoms with Gasteiger partial charge in [0.25, 0.3) is 0 Å². The third-order valence-electron chi connectivity index (χ3n) is 4.63. The van der Waals surface area contributed by atoms with Gasteiger partial charge in [0.15, 0.2) is 0 Å². The van der Waals surface area contributed by atoms with Crippen molar-refractivity contribution in [3.05, 3.63) is 56.5 Å². The number of nitrogens with zero attached hydrogens (tertiary/aromatic N) is 1. The third-order valence-corrected chi connectivity index (χ3v) is 5.48. The first-order valence-electron chi connectivity index (χ1n) is 9.59. The van der Waals surface area contributed by atoms with E-state index < -0.39 is 0 Å². The average Bonchev–Trinajstić information content (AvgIpc) is 2.64. The lowest BCUT2D eigenvalue weighted by atomic mass is 10.0. The van der Waals surface area contributed by atoms with Crippen molar-refractivity contribution < 1.29 is 9.59 Å². The molecule has 29 heavy (non-hydrogen) atoms. The molecule has 2 aromatic rings. The van der Waals surface area contributed by atoms with Crippen LogP contribution in [0.4, 0.5) is 11.4 Å². The summed E-state index contributed by atoms with van der Waals surface area (Å²) in [6.45, 7) is 6.19. The number of carbonyl (C=O) groups excluding carboxylic acids is 2. The number of carbonyl (C=O) groups is 2. The Kier molecular flexibility index (Phi) is 8.68. The molecule has 2 amide bonds. The summed E-state index contributed by atoms with van der Waals surface area (Å²) in [6, 6.07) is 9.47. The molecule has 0 saturated carbocycles. The molecule has 0 aliphatic carbocycles. The third kappa shape index (κ3) is 6.56. The van der Waals surface area contributed by atoms with Gasteiger partial charge in [0.2, 0.25) is 11.8 Å². The Morgan fingerprint density at radius 1 is 1.03 bits per heavy atom. The Bertz CT molecular complexity index is 902. The van der Waals surface area contributed by atoms with E-state index in [1.165, 1.54) is 0 Å². The largest absolute Gasteiger partial charge is 0.325 e. The molecular weight excluding hydrogens is 454 g/mol. The second kappa shape index (κ2) is 10.8. The molecule has 5 nitrogen and oxygen atoms in total. The quantitative estimate of drug-likeness (QED) is 0.556. The van der Waals surface area contributed by atoms with Gasteiger partial charge >= 0.3 is 0 Å². The number of aryl methyl sites for hydroxylation is 2. The minimum Gasteiger partial charge on any atom is -0.325 e. The van der Waals surface area contributed by atoms with Gasteiger partial charge in [0.1, 0.15) is 0 Å². The summed E-state index contributed by atoms with van der Waals surface area (Å²) in [7, 11) is 1.74. The van der Waals surface area contributed by atoms with Crippen LogP contribution < -0.4 is 10.6 Å². The maximum atomic E-state index is 12.6. The van der Waals surface area contributed by atoms with E-state index >= 15 is 0 Å². The van der Waals surface area contributed by atoms with Gasteiger partial charge in [-0.15, -0.1) is 0 Å². The highest BCUT2D eigenvalue weighted by atomic mass is 79.9. The Balaban J connectivity index is 1.97. The van der Waals surface area contributed by atoms with Crippen LogP contribution in [0, 0.1) is 6.92 Å². The zero-order valence-corrected chi connectivity index (χ0v) is 19.6. The maximum absolute atomic E-state index is 12.6. The standard InChI is InChI=1S/C22H27BrClN3O2/c1-5-15-7-9-18(24)17(6-2)22(15)26-21(29)13-27(4)12-20(28)25-19-10-8-16(23)11-14(19)3/h7-11H,5-6,12-13H2,1-4H3,(H,25,28)(H,26,29). The van der Waals surface area contributed by atoms with Crippen molar-refractivity contribution >= 4 is 50.7 Å². The number of halogens is 2. The van der Waals surface area contributed by atoms with Crippen molar-refractivity contribution in [1.29, 1.82) is 0 Å². The van der Waals surface area contributed by atoms with Gasteiger partial charge in [-0.3, -0.25) is 14.5 Å². The Morgan fingerprint density at radius 2 is 1.69 bits per heavy atom. The highest BCUT2D eigenvalue weighted by Crippen LogP contribution is 2.29. The van der Waals surface area contributed by atoms with Gasteiger partial charge < -0.3 is 10.6 Å². The second-order valence-electron chi connectivity index (χ2n) is 7.00. The van der Waals surface area contributed by atoms with Crippen molar-refractivity contribution in [2.24, 2.45) is 0 Å². The number of rotatable bonds is 8. The molecule has 0 atom stereocenters. The van der Waals surface area contributed by atoms with Crippen LogP contribution in [0.2, 0.25) is 5.02 Å². The van der Waals surface area contributed by atoms with E-state index in [1.54, 1.807) is 11.9 Å². The van der Waals surface area contributed by atoms with Crippen LogP contribution in [-0.4, -0.2) is 36.9 Å². The summed E-state index contributed by atoms with van der Waals surface area (Å²) in [5.41, 5.74) is 4.50. The lowest BCUT2D eigenvalue weighted by molar-refractivity contribution is -0.119. The van der Waals surface area contributed by atoms with Crippen LogP contribution in [-0.2, 0) is 22.4 Å². The van der Waals surface area contributed by atoms with E-state index in [9.17, 15) is 9.59 Å². The first-order valence-corrected chi connectivity index (χ1v) is 10.8. The molecule has 0 saturated heterocycles. The predicted molar refractivity (Wildman–Crippen MR) is 124 cm³/mol. The first-order chi connectivity index (χ1) is 13.7. The van der Waals surface area contributed by atoms with E-state index in [-0.39, 0.29) is 24.9 Å². The van der Waals surface area contributed by atoms with Gasteiger partial charge in [-0.25, -0.2) is 0 Å². The van der Waals surface area contributed by atoms with Gasteiger partial charge in [0, 0.05) is 20.9 Å². The van der Waals surface area contributed by atoms with Crippen LogP contribution in [0.3, 0.4) is 0 Å². The molecule has 156 valence electrons. The molecule has 2 rings (SSSR count). The van der Waals surface area contributed by atoms with Gasteiger partial charge in [-0.1, -0.05) is 47.4 Å². The molecule has 0 bridgehead atoms. The number of benzene rings is 2. The fourth-order valence-corrected chi connectivity index (χ4v) is 3.92. The minimum absolute atomic E-state index is 0.103. The summed E-state index contributed by atoms with van der Waals surface area (Å²) >= 11 is 9.71. The van der Waals surface area contributed by atoms with E-state index in [2.05, 4.69) is 26.6 Å². The fraction of sp³-hybridized carbons (Fsp3) is 0.364. The number of amides is 2. The Labute approximate surface area is 185 Å². The number of nitrogens with one attached hydrogen (secondary N) is 2. The highest BCUT2D eigenvalue weighted by Gasteiger charge is 2.16. The minimum atomic E-state index is -0.174. The molecule has 0 aliphatic rings. The number of anilines is 2. The highest BCUT2D eigenvalue weighted by molar-refractivity contribution is 9.10. The number of hydrogen-bond donors (Lipinski definition) is 2. The van der Waals surface area contributed by atoms with E-state index in [1.807, 2.05) is 51.1 Å². The molecule has 0 radical (unpaired) electrons. The fourth-order valence-electron chi connectivity index (χ4n) is 3.15. The molecule has 0 heterocycles. The zero-order chi connectivity index (χ0) is 21.6. The average molecular weight is 481 g/mol. The smallest absolute Gasteiger partial charge is 0.238 e. The first kappa shape index (κ1) is 23.4. The molecule has 0 spiro atoms. The summed E-state index contributed by atoms with van der Waals surface area (Å²) < 4.78 is 0.959. The zero-order valence-electron chi connectivity index (χ0n) is 17.2. The SMILES string of the molecule is CCc1ccc(Cl)c(CC)c1NC(=O)CN(C)CC(=O)Nc1ccc(Br)cc1C. The maximum Gasteiger partial charge on any atom is 0.238 e. The summed E-state index contributed by atoms with van der Waals surface area (Å²) in [4.78, 5) is 26.6. The van der Waals surface area contributed by atoms with E-state index in [4.69, 9.17) is 11.6 Å². The van der Waals surface area contributed by atoms with E-state index in [0.29, 0.717) is 5.02 Å². The number of likely N-dealkylation sites (N-methyl/N-ethyl adjacent to an activating group) is 1. The number of hydrogen-bond acceptors (Lipinski definition) is 3. The monoisotopic (exact) mass is 479 g/mol.